The molecule has 0 saturated heterocycles. The summed E-state index contributed by atoms with van der Waals surface area (Å²) in [5, 5.41) is 15.9. The molecule has 2 amide bonds. The Morgan fingerprint density at radius 2 is 1.58 bits per heavy atom. The Kier molecular flexibility index (Phi) is 8.08. The summed E-state index contributed by atoms with van der Waals surface area (Å²) in [6, 6.07) is 18.2. The van der Waals surface area contributed by atoms with Gasteiger partial charge in [0.15, 0.2) is 0 Å². The SMILES string of the molecule is CC(C)(C)NC(=O)[C@@H](c1ccc(Cl)cc1)N(C(=O)Cn1nnc(-c2ccccc2F)n1)c1ccc(Cl)cc1. The topological polar surface area (TPSA) is 93.0 Å². The van der Waals surface area contributed by atoms with E-state index in [1.54, 1.807) is 60.7 Å². The number of hydrogen-bond acceptors (Lipinski definition) is 5. The van der Waals surface area contributed by atoms with Gasteiger partial charge >= 0.3 is 0 Å². The largest absolute Gasteiger partial charge is 0.349 e. The molecule has 0 aliphatic rings. The van der Waals surface area contributed by atoms with Crippen LogP contribution >= 0.6 is 23.2 Å². The van der Waals surface area contributed by atoms with Crippen molar-refractivity contribution in [2.24, 2.45) is 0 Å². The summed E-state index contributed by atoms with van der Waals surface area (Å²) >= 11 is 12.2. The average Bonchev–Trinajstić information content (AvgIpc) is 3.31. The standard InChI is InChI=1S/C27H25Cl2FN6O2/c1-27(2,3)31-26(38)24(17-8-10-18(28)11-9-17)36(20-14-12-19(29)13-15-20)23(37)16-35-33-25(32-34-35)21-6-4-5-7-22(21)30/h4-15,24H,16H2,1-3H3,(H,31,38)/t24-/m1/s1. The Morgan fingerprint density at radius 1 is 0.974 bits per heavy atom. The molecule has 38 heavy (non-hydrogen) atoms. The Morgan fingerprint density at radius 3 is 2.18 bits per heavy atom. The second-order valence-corrected chi connectivity index (χ2v) is 10.4. The molecule has 8 nitrogen and oxygen atoms in total. The van der Waals surface area contributed by atoms with Crippen LogP contribution in [0.1, 0.15) is 32.4 Å². The molecular weight excluding hydrogens is 530 g/mol. The first-order valence-electron chi connectivity index (χ1n) is 11.7. The van der Waals surface area contributed by atoms with Gasteiger partial charge in [-0.25, -0.2) is 4.39 Å². The van der Waals surface area contributed by atoms with Crippen molar-refractivity contribution in [2.75, 3.05) is 4.90 Å². The molecule has 4 aromatic rings. The van der Waals surface area contributed by atoms with E-state index in [1.807, 2.05) is 20.8 Å². The van der Waals surface area contributed by atoms with Crippen LogP contribution in [-0.4, -0.2) is 37.6 Å². The van der Waals surface area contributed by atoms with Gasteiger partial charge in [0.25, 0.3) is 5.91 Å². The molecule has 1 N–H and O–H groups in total. The van der Waals surface area contributed by atoms with Crippen molar-refractivity contribution in [2.45, 2.75) is 38.9 Å². The van der Waals surface area contributed by atoms with Crippen molar-refractivity contribution in [1.82, 2.24) is 25.5 Å². The minimum atomic E-state index is -1.06. The fourth-order valence-electron chi connectivity index (χ4n) is 3.80. The van der Waals surface area contributed by atoms with Gasteiger partial charge in [-0.1, -0.05) is 47.5 Å². The fraction of sp³-hybridized carbons (Fsp3) is 0.222. The maximum absolute atomic E-state index is 14.2. The molecule has 0 radical (unpaired) electrons. The lowest BCUT2D eigenvalue weighted by molar-refractivity contribution is -0.128. The van der Waals surface area contributed by atoms with Gasteiger partial charge in [0.2, 0.25) is 11.7 Å². The summed E-state index contributed by atoms with van der Waals surface area (Å²) < 4.78 is 14.2. The zero-order chi connectivity index (χ0) is 27.4. The number of hydrogen-bond donors (Lipinski definition) is 1. The molecular formula is C27H25Cl2FN6O2. The number of nitrogens with zero attached hydrogens (tertiary/aromatic N) is 5. The highest BCUT2D eigenvalue weighted by atomic mass is 35.5. The molecule has 196 valence electrons. The van der Waals surface area contributed by atoms with E-state index in [9.17, 15) is 14.0 Å². The molecule has 1 atom stereocenters. The molecule has 3 aromatic carbocycles. The second-order valence-electron chi connectivity index (χ2n) is 9.56. The molecule has 0 unspecified atom stereocenters. The van der Waals surface area contributed by atoms with Crippen LogP contribution in [0.4, 0.5) is 10.1 Å². The molecule has 0 saturated carbocycles. The number of benzene rings is 3. The molecule has 1 heterocycles. The lowest BCUT2D eigenvalue weighted by Crippen LogP contribution is -2.50. The molecule has 0 bridgehead atoms. The first-order valence-corrected chi connectivity index (χ1v) is 12.5. The van der Waals surface area contributed by atoms with E-state index in [4.69, 9.17) is 23.2 Å². The van der Waals surface area contributed by atoms with Crippen molar-refractivity contribution >= 4 is 40.7 Å². The van der Waals surface area contributed by atoms with Gasteiger partial charge in [0.05, 0.1) is 5.56 Å². The Balaban J connectivity index is 1.75. The van der Waals surface area contributed by atoms with E-state index in [0.29, 0.717) is 21.3 Å². The van der Waals surface area contributed by atoms with Crippen LogP contribution in [0.5, 0.6) is 0 Å². The number of carbonyl (C=O) groups excluding carboxylic acids is 2. The van der Waals surface area contributed by atoms with E-state index in [0.717, 1.165) is 4.80 Å². The van der Waals surface area contributed by atoms with Gasteiger partial charge in [-0.05, 0) is 80.1 Å². The summed E-state index contributed by atoms with van der Waals surface area (Å²) in [5.41, 5.74) is 0.554. The third kappa shape index (κ3) is 6.54. The molecule has 0 spiro atoms. The van der Waals surface area contributed by atoms with Crippen molar-refractivity contribution in [3.8, 4) is 11.4 Å². The predicted octanol–water partition coefficient (Wildman–Crippen LogP) is 5.48. The van der Waals surface area contributed by atoms with Gasteiger partial charge < -0.3 is 5.32 Å². The highest BCUT2D eigenvalue weighted by Crippen LogP contribution is 2.31. The maximum atomic E-state index is 14.2. The minimum Gasteiger partial charge on any atom is -0.349 e. The monoisotopic (exact) mass is 554 g/mol. The van der Waals surface area contributed by atoms with E-state index >= 15 is 0 Å². The van der Waals surface area contributed by atoms with Crippen molar-refractivity contribution in [3.63, 3.8) is 0 Å². The van der Waals surface area contributed by atoms with E-state index < -0.39 is 29.2 Å². The van der Waals surface area contributed by atoms with Crippen LogP contribution in [0.25, 0.3) is 11.4 Å². The Labute approximate surface area is 229 Å². The van der Waals surface area contributed by atoms with Crippen LogP contribution < -0.4 is 10.2 Å². The van der Waals surface area contributed by atoms with E-state index in [-0.39, 0.29) is 17.9 Å². The quantitative estimate of drug-likeness (QED) is 0.326. The molecule has 0 aliphatic heterocycles. The van der Waals surface area contributed by atoms with Crippen LogP contribution in [0.2, 0.25) is 10.0 Å². The summed E-state index contributed by atoms with van der Waals surface area (Å²) in [4.78, 5) is 29.9. The van der Waals surface area contributed by atoms with Crippen LogP contribution in [-0.2, 0) is 16.1 Å². The normalized spacial score (nSPS) is 12.2. The number of anilines is 1. The fourth-order valence-corrected chi connectivity index (χ4v) is 4.05. The second kappa shape index (κ2) is 11.3. The molecule has 0 fully saturated rings. The first-order chi connectivity index (χ1) is 18.0. The highest BCUT2D eigenvalue weighted by Gasteiger charge is 2.35. The molecule has 11 heteroatoms. The zero-order valence-corrected chi connectivity index (χ0v) is 22.4. The van der Waals surface area contributed by atoms with Crippen molar-refractivity contribution < 1.29 is 14.0 Å². The van der Waals surface area contributed by atoms with Crippen LogP contribution in [0.3, 0.4) is 0 Å². The highest BCUT2D eigenvalue weighted by molar-refractivity contribution is 6.31. The number of aromatic nitrogens is 4. The predicted molar refractivity (Wildman–Crippen MR) is 144 cm³/mol. The smallest absolute Gasteiger partial charge is 0.251 e. The average molecular weight is 555 g/mol. The Bertz CT molecular complexity index is 1440. The maximum Gasteiger partial charge on any atom is 0.251 e. The van der Waals surface area contributed by atoms with Gasteiger partial charge in [-0.2, -0.15) is 4.80 Å². The minimum absolute atomic E-state index is 0.0358. The van der Waals surface area contributed by atoms with Gasteiger partial charge in [-0.3, -0.25) is 14.5 Å². The number of halogens is 3. The van der Waals surface area contributed by atoms with E-state index in [1.165, 1.54) is 17.0 Å². The van der Waals surface area contributed by atoms with Crippen LogP contribution in [0.15, 0.2) is 72.8 Å². The Hall–Kier alpha value is -3.82. The number of carbonyl (C=O) groups is 2. The van der Waals surface area contributed by atoms with Gasteiger partial charge in [-0.15, -0.1) is 10.2 Å². The van der Waals surface area contributed by atoms with E-state index in [2.05, 4.69) is 20.7 Å². The number of tetrazole rings is 1. The number of amides is 2. The molecule has 0 aliphatic carbocycles. The van der Waals surface area contributed by atoms with Crippen molar-refractivity contribution in [3.05, 3.63) is 94.2 Å². The summed E-state index contributed by atoms with van der Waals surface area (Å²) in [6.07, 6.45) is 0. The summed E-state index contributed by atoms with van der Waals surface area (Å²) in [6.45, 7) is 5.18. The third-order valence-corrected chi connectivity index (χ3v) is 5.91. The molecule has 4 rings (SSSR count). The van der Waals surface area contributed by atoms with Crippen LogP contribution in [0, 0.1) is 5.82 Å². The first kappa shape index (κ1) is 27.2. The third-order valence-electron chi connectivity index (χ3n) is 5.41. The van der Waals surface area contributed by atoms with Gasteiger partial charge in [0, 0.05) is 21.3 Å². The lowest BCUT2D eigenvalue weighted by Gasteiger charge is -2.33. The summed E-state index contributed by atoms with van der Waals surface area (Å²) in [7, 11) is 0. The zero-order valence-electron chi connectivity index (χ0n) is 20.9. The number of nitrogens with one attached hydrogen (secondary N) is 1. The summed E-state index contributed by atoms with van der Waals surface area (Å²) in [5.74, 6) is -1.38. The van der Waals surface area contributed by atoms with Gasteiger partial charge in [0.1, 0.15) is 18.4 Å². The molecule has 1 aromatic heterocycles. The van der Waals surface area contributed by atoms with Crippen molar-refractivity contribution in [1.29, 1.82) is 0 Å². The lowest BCUT2D eigenvalue weighted by atomic mass is 10.0. The number of rotatable bonds is 7.